The molecular weight excluding hydrogens is 220 g/mol. The van der Waals surface area contributed by atoms with Gasteiger partial charge < -0.3 is 10.2 Å². The molecule has 16 heavy (non-hydrogen) atoms. The molecule has 1 fully saturated rings. The molecule has 88 valence electrons. The van der Waals surface area contributed by atoms with E-state index >= 15 is 0 Å². The topological polar surface area (TPSA) is 32.3 Å². The zero-order valence-electron chi connectivity index (χ0n) is 10.0. The van der Waals surface area contributed by atoms with Crippen LogP contribution in [-0.4, -0.2) is 36.5 Å². The third-order valence-corrected chi connectivity index (χ3v) is 4.17. The van der Waals surface area contributed by atoms with Crippen LogP contribution in [-0.2, 0) is 0 Å². The summed E-state index contributed by atoms with van der Waals surface area (Å²) in [4.78, 5) is 16.3. The number of hydrogen-bond acceptors (Lipinski definition) is 3. The number of aryl methyl sites for hydroxylation is 2. The van der Waals surface area contributed by atoms with Gasteiger partial charge >= 0.3 is 0 Å². The minimum Gasteiger partial charge on any atom is -0.335 e. The molecule has 1 atom stereocenters. The lowest BCUT2D eigenvalue weighted by Crippen LogP contribution is -2.51. The number of nitrogens with zero attached hydrogens (tertiary/aromatic N) is 1. The molecule has 0 radical (unpaired) electrons. The van der Waals surface area contributed by atoms with Crippen molar-refractivity contribution in [2.24, 2.45) is 0 Å². The van der Waals surface area contributed by atoms with Crippen LogP contribution in [0.2, 0.25) is 0 Å². The van der Waals surface area contributed by atoms with Gasteiger partial charge in [0.05, 0.1) is 4.88 Å². The highest BCUT2D eigenvalue weighted by molar-refractivity contribution is 7.14. The summed E-state index contributed by atoms with van der Waals surface area (Å²) < 4.78 is 0. The van der Waals surface area contributed by atoms with Gasteiger partial charge in [0.1, 0.15) is 0 Å². The first-order chi connectivity index (χ1) is 7.58. The molecule has 1 N–H and O–H groups in total. The summed E-state index contributed by atoms with van der Waals surface area (Å²) in [6.45, 7) is 8.77. The van der Waals surface area contributed by atoms with Crippen LogP contribution < -0.4 is 5.32 Å². The predicted octanol–water partition coefficient (Wildman–Crippen LogP) is 1.80. The first-order valence-corrected chi connectivity index (χ1v) is 6.49. The van der Waals surface area contributed by atoms with Crippen LogP contribution >= 0.6 is 11.3 Å². The zero-order valence-corrected chi connectivity index (χ0v) is 10.9. The van der Waals surface area contributed by atoms with Crippen molar-refractivity contribution in [3.8, 4) is 0 Å². The van der Waals surface area contributed by atoms with Crippen LogP contribution in [0.15, 0.2) is 6.07 Å². The quantitative estimate of drug-likeness (QED) is 0.809. The Bertz CT molecular complexity index is 380. The highest BCUT2D eigenvalue weighted by Gasteiger charge is 2.22. The van der Waals surface area contributed by atoms with Gasteiger partial charge in [-0.25, -0.2) is 0 Å². The van der Waals surface area contributed by atoms with Gasteiger partial charge in [0.15, 0.2) is 0 Å². The third-order valence-electron chi connectivity index (χ3n) is 3.03. The van der Waals surface area contributed by atoms with Gasteiger partial charge in [0.25, 0.3) is 5.91 Å². The SMILES string of the molecule is Cc1cc(C(=O)N2CCNC(C)C2)sc1C. The summed E-state index contributed by atoms with van der Waals surface area (Å²) in [5.41, 5.74) is 1.22. The van der Waals surface area contributed by atoms with Crippen LogP contribution in [0.5, 0.6) is 0 Å². The van der Waals surface area contributed by atoms with E-state index < -0.39 is 0 Å². The lowest BCUT2D eigenvalue weighted by atomic mass is 10.2. The highest BCUT2D eigenvalue weighted by atomic mass is 32.1. The second kappa shape index (κ2) is 4.55. The molecule has 1 amide bonds. The summed E-state index contributed by atoms with van der Waals surface area (Å²) in [6, 6.07) is 2.41. The van der Waals surface area contributed by atoms with E-state index in [-0.39, 0.29) is 5.91 Å². The molecule has 3 nitrogen and oxygen atoms in total. The number of thiophene rings is 1. The van der Waals surface area contributed by atoms with Gasteiger partial charge in [-0.15, -0.1) is 11.3 Å². The van der Waals surface area contributed by atoms with Gasteiger partial charge in [-0.05, 0) is 32.4 Å². The maximum absolute atomic E-state index is 12.2. The largest absolute Gasteiger partial charge is 0.335 e. The van der Waals surface area contributed by atoms with Crippen molar-refractivity contribution in [1.29, 1.82) is 0 Å². The smallest absolute Gasteiger partial charge is 0.264 e. The minimum absolute atomic E-state index is 0.189. The summed E-state index contributed by atoms with van der Waals surface area (Å²) >= 11 is 1.61. The van der Waals surface area contributed by atoms with Crippen molar-refractivity contribution in [2.45, 2.75) is 26.8 Å². The van der Waals surface area contributed by atoms with Crippen molar-refractivity contribution in [2.75, 3.05) is 19.6 Å². The number of rotatable bonds is 1. The van der Waals surface area contributed by atoms with E-state index in [1.54, 1.807) is 11.3 Å². The Balaban J connectivity index is 2.12. The highest BCUT2D eigenvalue weighted by Crippen LogP contribution is 2.22. The molecular formula is C12H18N2OS. The Kier molecular flexibility index (Phi) is 3.30. The Labute approximate surface area is 100 Å². The van der Waals surface area contributed by atoms with E-state index in [9.17, 15) is 4.79 Å². The standard InChI is InChI=1S/C12H18N2OS/c1-8-6-11(16-10(8)3)12(15)14-5-4-13-9(2)7-14/h6,9,13H,4-5,7H2,1-3H3. The molecule has 0 saturated carbocycles. The normalized spacial score (nSPS) is 21.2. The van der Waals surface area contributed by atoms with Crippen LogP contribution in [0.25, 0.3) is 0 Å². The minimum atomic E-state index is 0.189. The van der Waals surface area contributed by atoms with Crippen molar-refractivity contribution in [1.82, 2.24) is 10.2 Å². The zero-order chi connectivity index (χ0) is 11.7. The third kappa shape index (κ3) is 2.28. The Hall–Kier alpha value is -0.870. The van der Waals surface area contributed by atoms with Gasteiger partial charge in [0, 0.05) is 30.6 Å². The molecule has 0 aliphatic carbocycles. The molecule has 0 bridgehead atoms. The average Bonchev–Trinajstić information content (AvgIpc) is 2.58. The van der Waals surface area contributed by atoms with Gasteiger partial charge in [-0.1, -0.05) is 0 Å². The molecule has 2 heterocycles. The fourth-order valence-electron chi connectivity index (χ4n) is 1.95. The maximum atomic E-state index is 12.2. The second-order valence-electron chi connectivity index (χ2n) is 4.46. The average molecular weight is 238 g/mol. The summed E-state index contributed by atoms with van der Waals surface area (Å²) in [5, 5.41) is 3.34. The van der Waals surface area contributed by atoms with Crippen LogP contribution in [0.4, 0.5) is 0 Å². The molecule has 1 aromatic heterocycles. The second-order valence-corrected chi connectivity index (χ2v) is 5.71. The molecule has 1 saturated heterocycles. The summed E-state index contributed by atoms with van der Waals surface area (Å²) in [5.74, 6) is 0.189. The van der Waals surface area contributed by atoms with Crippen LogP contribution in [0, 0.1) is 13.8 Å². The molecule has 1 aromatic rings. The van der Waals surface area contributed by atoms with Gasteiger partial charge in [0.2, 0.25) is 0 Å². The van der Waals surface area contributed by atoms with Crippen molar-refractivity contribution in [3.05, 3.63) is 21.4 Å². The number of hydrogen-bond donors (Lipinski definition) is 1. The number of carbonyl (C=O) groups excluding carboxylic acids is 1. The number of carbonyl (C=O) groups is 1. The van der Waals surface area contributed by atoms with Crippen molar-refractivity contribution >= 4 is 17.2 Å². The lowest BCUT2D eigenvalue weighted by molar-refractivity contribution is 0.0714. The van der Waals surface area contributed by atoms with E-state index in [0.717, 1.165) is 24.5 Å². The maximum Gasteiger partial charge on any atom is 0.264 e. The van der Waals surface area contributed by atoms with E-state index in [1.807, 2.05) is 11.0 Å². The molecule has 0 spiro atoms. The molecule has 1 unspecified atom stereocenters. The number of piperazine rings is 1. The monoisotopic (exact) mass is 238 g/mol. The fourth-order valence-corrected chi connectivity index (χ4v) is 2.95. The Morgan fingerprint density at radius 3 is 2.88 bits per heavy atom. The van der Waals surface area contributed by atoms with Crippen LogP contribution in [0.3, 0.4) is 0 Å². The molecule has 2 rings (SSSR count). The molecule has 0 aromatic carbocycles. The molecule has 4 heteroatoms. The number of nitrogens with one attached hydrogen (secondary N) is 1. The predicted molar refractivity (Wildman–Crippen MR) is 67.2 cm³/mol. The van der Waals surface area contributed by atoms with Crippen molar-refractivity contribution < 1.29 is 4.79 Å². The lowest BCUT2D eigenvalue weighted by Gasteiger charge is -2.31. The first-order valence-electron chi connectivity index (χ1n) is 5.67. The van der Waals surface area contributed by atoms with Crippen molar-refractivity contribution in [3.63, 3.8) is 0 Å². The summed E-state index contributed by atoms with van der Waals surface area (Å²) in [6.07, 6.45) is 0. The Morgan fingerprint density at radius 2 is 2.31 bits per heavy atom. The Morgan fingerprint density at radius 1 is 1.56 bits per heavy atom. The van der Waals surface area contributed by atoms with E-state index in [0.29, 0.717) is 6.04 Å². The first kappa shape index (κ1) is 11.6. The van der Waals surface area contributed by atoms with E-state index in [2.05, 4.69) is 26.1 Å². The number of amides is 1. The van der Waals surface area contributed by atoms with Gasteiger partial charge in [-0.3, -0.25) is 4.79 Å². The fraction of sp³-hybridized carbons (Fsp3) is 0.583. The van der Waals surface area contributed by atoms with E-state index in [1.165, 1.54) is 10.4 Å². The summed E-state index contributed by atoms with van der Waals surface area (Å²) in [7, 11) is 0. The van der Waals surface area contributed by atoms with Crippen LogP contribution in [0.1, 0.15) is 27.0 Å². The molecule has 1 aliphatic heterocycles. The van der Waals surface area contributed by atoms with E-state index in [4.69, 9.17) is 0 Å². The van der Waals surface area contributed by atoms with Gasteiger partial charge in [-0.2, -0.15) is 0 Å². The molecule has 1 aliphatic rings.